The van der Waals surface area contributed by atoms with Gasteiger partial charge in [0.25, 0.3) is 0 Å². The van der Waals surface area contributed by atoms with Crippen LogP contribution in [0.2, 0.25) is 0 Å². The molecule has 0 aromatic heterocycles. The molecule has 2 rings (SSSR count). The molecule has 0 bridgehead atoms. The Morgan fingerprint density at radius 1 is 1.25 bits per heavy atom. The van der Waals surface area contributed by atoms with Crippen molar-refractivity contribution in [2.45, 2.75) is 11.7 Å². The third-order valence-corrected chi connectivity index (χ3v) is 5.64. The molecule has 1 aromatic carbocycles. The van der Waals surface area contributed by atoms with E-state index in [0.29, 0.717) is 12.0 Å². The van der Waals surface area contributed by atoms with Crippen LogP contribution < -0.4 is 0 Å². The first-order valence-corrected chi connectivity index (χ1v) is 7.73. The van der Waals surface area contributed by atoms with E-state index in [4.69, 9.17) is 0 Å². The molecule has 1 aliphatic rings. The van der Waals surface area contributed by atoms with Crippen LogP contribution >= 0.6 is 11.8 Å². The van der Waals surface area contributed by atoms with Crippen LogP contribution in [0.15, 0.2) is 30.3 Å². The zero-order chi connectivity index (χ0) is 11.6. The van der Waals surface area contributed by atoms with E-state index >= 15 is 0 Å². The molecule has 1 saturated heterocycles. The Hall–Kier alpha value is -0.810. The SMILES string of the molecule is O=C(SC1CCS(=O)(=O)C1)c1ccccc1. The number of hydrogen-bond donors (Lipinski definition) is 0. The molecule has 0 saturated carbocycles. The van der Waals surface area contributed by atoms with Gasteiger partial charge in [-0.15, -0.1) is 0 Å². The average molecular weight is 256 g/mol. The summed E-state index contributed by atoms with van der Waals surface area (Å²) in [5.41, 5.74) is 0.636. The van der Waals surface area contributed by atoms with Crippen LogP contribution in [0.1, 0.15) is 16.8 Å². The van der Waals surface area contributed by atoms with E-state index in [1.54, 1.807) is 24.3 Å². The summed E-state index contributed by atoms with van der Waals surface area (Å²) in [6.45, 7) is 0. The first kappa shape index (κ1) is 11.7. The van der Waals surface area contributed by atoms with Gasteiger partial charge in [-0.05, 0) is 6.42 Å². The van der Waals surface area contributed by atoms with E-state index in [9.17, 15) is 13.2 Å². The van der Waals surface area contributed by atoms with Gasteiger partial charge in [-0.3, -0.25) is 4.79 Å². The van der Waals surface area contributed by atoms with Gasteiger partial charge < -0.3 is 0 Å². The largest absolute Gasteiger partial charge is 0.282 e. The third-order valence-electron chi connectivity index (χ3n) is 2.47. The normalized spacial score (nSPS) is 23.1. The lowest BCUT2D eigenvalue weighted by Crippen LogP contribution is -2.09. The number of carbonyl (C=O) groups excluding carboxylic acids is 1. The highest BCUT2D eigenvalue weighted by Gasteiger charge is 2.30. The lowest BCUT2D eigenvalue weighted by molar-refractivity contribution is 0.108. The molecular formula is C11H12O3S2. The minimum absolute atomic E-state index is 0.0392. The van der Waals surface area contributed by atoms with Gasteiger partial charge in [-0.1, -0.05) is 42.1 Å². The highest BCUT2D eigenvalue weighted by Crippen LogP contribution is 2.27. The fourth-order valence-corrected chi connectivity index (χ4v) is 5.04. The molecule has 0 amide bonds. The molecule has 0 aliphatic carbocycles. The topological polar surface area (TPSA) is 51.2 Å². The molecule has 1 unspecified atom stereocenters. The van der Waals surface area contributed by atoms with Crippen LogP contribution in [0, 0.1) is 0 Å². The van der Waals surface area contributed by atoms with Gasteiger partial charge in [-0.2, -0.15) is 0 Å². The molecule has 1 aliphatic heterocycles. The second-order valence-electron chi connectivity index (χ2n) is 3.80. The summed E-state index contributed by atoms with van der Waals surface area (Å²) < 4.78 is 22.5. The predicted octanol–water partition coefficient (Wildman–Crippen LogP) is 1.75. The molecular weight excluding hydrogens is 244 g/mol. The number of sulfone groups is 1. The molecule has 0 spiro atoms. The standard InChI is InChI=1S/C11H12O3S2/c12-11(9-4-2-1-3-5-9)15-10-6-7-16(13,14)8-10/h1-5,10H,6-8H2. The maximum atomic E-state index is 11.8. The van der Waals surface area contributed by atoms with E-state index in [2.05, 4.69) is 0 Å². The summed E-state index contributed by atoms with van der Waals surface area (Å²) in [7, 11) is -2.90. The number of hydrogen-bond acceptors (Lipinski definition) is 4. The number of rotatable bonds is 2. The molecule has 1 fully saturated rings. The van der Waals surface area contributed by atoms with Crippen molar-refractivity contribution in [2.24, 2.45) is 0 Å². The van der Waals surface area contributed by atoms with E-state index in [1.165, 1.54) is 0 Å². The Labute approximate surface area is 99.2 Å². The van der Waals surface area contributed by atoms with Gasteiger partial charge >= 0.3 is 0 Å². The van der Waals surface area contributed by atoms with Crippen LogP contribution in [0.25, 0.3) is 0 Å². The number of benzene rings is 1. The molecule has 1 heterocycles. The molecule has 1 atom stereocenters. The molecule has 5 heteroatoms. The first-order chi connectivity index (χ1) is 7.57. The summed E-state index contributed by atoms with van der Waals surface area (Å²) in [5.74, 6) is 0.350. The van der Waals surface area contributed by atoms with Crippen molar-refractivity contribution in [2.75, 3.05) is 11.5 Å². The average Bonchev–Trinajstić information content (AvgIpc) is 2.59. The first-order valence-electron chi connectivity index (χ1n) is 5.03. The van der Waals surface area contributed by atoms with E-state index in [0.717, 1.165) is 11.8 Å². The maximum absolute atomic E-state index is 11.8. The van der Waals surface area contributed by atoms with Gasteiger partial charge in [0.2, 0.25) is 5.12 Å². The van der Waals surface area contributed by atoms with Crippen molar-refractivity contribution in [3.63, 3.8) is 0 Å². The second kappa shape index (κ2) is 4.59. The molecule has 1 aromatic rings. The zero-order valence-electron chi connectivity index (χ0n) is 8.63. The Morgan fingerprint density at radius 3 is 2.50 bits per heavy atom. The van der Waals surface area contributed by atoms with Gasteiger partial charge in [-0.25, -0.2) is 8.42 Å². The number of thioether (sulfide) groups is 1. The minimum atomic E-state index is -2.90. The fourth-order valence-electron chi connectivity index (χ4n) is 1.65. The van der Waals surface area contributed by atoms with E-state index in [-0.39, 0.29) is 21.9 Å². The molecule has 3 nitrogen and oxygen atoms in total. The monoisotopic (exact) mass is 256 g/mol. The van der Waals surface area contributed by atoms with E-state index in [1.807, 2.05) is 6.07 Å². The van der Waals surface area contributed by atoms with Crippen LogP contribution in [-0.2, 0) is 9.84 Å². The number of carbonyl (C=O) groups is 1. The Kier molecular flexibility index (Phi) is 3.35. The van der Waals surface area contributed by atoms with Crippen LogP contribution in [-0.4, -0.2) is 30.3 Å². The van der Waals surface area contributed by atoms with Crippen molar-refractivity contribution >= 4 is 26.7 Å². The minimum Gasteiger partial charge on any atom is -0.282 e. The van der Waals surface area contributed by atoms with Crippen molar-refractivity contribution in [1.82, 2.24) is 0 Å². The van der Waals surface area contributed by atoms with Crippen LogP contribution in [0.5, 0.6) is 0 Å². The lowest BCUT2D eigenvalue weighted by atomic mass is 10.2. The van der Waals surface area contributed by atoms with Crippen LogP contribution in [0.4, 0.5) is 0 Å². The van der Waals surface area contributed by atoms with Crippen molar-refractivity contribution in [1.29, 1.82) is 0 Å². The molecule has 0 N–H and O–H groups in total. The summed E-state index contributed by atoms with van der Waals surface area (Å²) in [5, 5.41) is -0.111. The summed E-state index contributed by atoms with van der Waals surface area (Å²) in [6, 6.07) is 8.96. The summed E-state index contributed by atoms with van der Waals surface area (Å²) in [6.07, 6.45) is 0.589. The second-order valence-corrected chi connectivity index (χ2v) is 7.30. The van der Waals surface area contributed by atoms with Gasteiger partial charge in [0.1, 0.15) is 0 Å². The fraction of sp³-hybridized carbons (Fsp3) is 0.364. The van der Waals surface area contributed by atoms with Crippen LogP contribution in [0.3, 0.4) is 0 Å². The molecule has 0 radical (unpaired) electrons. The highest BCUT2D eigenvalue weighted by atomic mass is 32.2. The van der Waals surface area contributed by atoms with Crippen molar-refractivity contribution < 1.29 is 13.2 Å². The third kappa shape index (κ3) is 2.86. The molecule has 16 heavy (non-hydrogen) atoms. The lowest BCUT2D eigenvalue weighted by Gasteiger charge is -2.05. The van der Waals surface area contributed by atoms with Crippen molar-refractivity contribution in [3.05, 3.63) is 35.9 Å². The summed E-state index contributed by atoms with van der Waals surface area (Å²) >= 11 is 1.14. The highest BCUT2D eigenvalue weighted by molar-refractivity contribution is 8.15. The Balaban J connectivity index is 1.99. The van der Waals surface area contributed by atoms with Gasteiger partial charge in [0.15, 0.2) is 9.84 Å². The maximum Gasteiger partial charge on any atom is 0.219 e. The Morgan fingerprint density at radius 2 is 1.94 bits per heavy atom. The van der Waals surface area contributed by atoms with Crippen molar-refractivity contribution in [3.8, 4) is 0 Å². The predicted molar refractivity (Wildman–Crippen MR) is 65.4 cm³/mol. The van der Waals surface area contributed by atoms with E-state index < -0.39 is 9.84 Å². The van der Waals surface area contributed by atoms with Gasteiger partial charge in [0, 0.05) is 10.8 Å². The smallest absolute Gasteiger partial charge is 0.219 e. The zero-order valence-corrected chi connectivity index (χ0v) is 10.3. The van der Waals surface area contributed by atoms with Gasteiger partial charge in [0.05, 0.1) is 11.5 Å². The Bertz CT molecular complexity index is 479. The molecule has 86 valence electrons. The quantitative estimate of drug-likeness (QED) is 0.809. The summed E-state index contributed by atoms with van der Waals surface area (Å²) in [4.78, 5) is 11.8.